The normalized spacial score (nSPS) is 9.79. The van der Waals surface area contributed by atoms with E-state index in [4.69, 9.17) is 0 Å². The molecule has 3 aromatic carbocycles. The summed E-state index contributed by atoms with van der Waals surface area (Å²) in [5, 5.41) is 8.31. The van der Waals surface area contributed by atoms with E-state index >= 15 is 0 Å². The van der Waals surface area contributed by atoms with Gasteiger partial charge in [0.15, 0.2) is 0 Å². The van der Waals surface area contributed by atoms with E-state index in [-0.39, 0.29) is 17.1 Å². The largest absolute Gasteiger partial charge is 0.0616 e. The summed E-state index contributed by atoms with van der Waals surface area (Å²) in [4.78, 5) is 0. The van der Waals surface area contributed by atoms with Crippen LogP contribution in [0.15, 0.2) is 60.7 Å². The van der Waals surface area contributed by atoms with Gasteiger partial charge >= 0.3 is 41.0 Å². The van der Waals surface area contributed by atoms with E-state index < -0.39 is 0 Å². The van der Waals surface area contributed by atoms with Crippen molar-refractivity contribution < 1.29 is 17.1 Å². The zero-order valence-corrected chi connectivity index (χ0v) is 14.9. The van der Waals surface area contributed by atoms with E-state index in [1.165, 1.54) is 31.6 Å². The molecule has 0 aliphatic heterocycles. The first-order valence-electron chi connectivity index (χ1n) is 7.22. The van der Waals surface area contributed by atoms with Crippen LogP contribution in [0.3, 0.4) is 0 Å². The molecule has 0 radical (unpaired) electrons. The molecule has 94 valence electrons. The molecule has 0 spiro atoms. The molecule has 0 heterocycles. The summed E-state index contributed by atoms with van der Waals surface area (Å²) in [6.45, 7) is 4.59. The second kappa shape index (κ2) is 7.41. The molecule has 0 saturated carbocycles. The van der Waals surface area contributed by atoms with Crippen molar-refractivity contribution in [1.29, 1.82) is 0 Å². The standard InChI is InChI=1S/C14H10.2C2H5.Zn/c1-2-6-12-10-14-8-4-3-7-13(14)9-11(12)5-1;2*1-2;/h1-10H;2*1H2,2H3;. The first kappa shape index (κ1) is 14.2. The third-order valence-electron chi connectivity index (χ3n) is 3.32. The summed E-state index contributed by atoms with van der Waals surface area (Å²) in [5.41, 5.74) is 0. The Bertz CT molecular complexity index is 536. The maximum absolute atomic E-state index is 2.30. The molecular formula is C18H20Zn. The van der Waals surface area contributed by atoms with Crippen LogP contribution in [-0.4, -0.2) is 0 Å². The molecule has 0 unspecified atom stereocenters. The molecule has 0 amide bonds. The quantitative estimate of drug-likeness (QED) is 0.406. The van der Waals surface area contributed by atoms with Crippen LogP contribution in [0, 0.1) is 0 Å². The van der Waals surface area contributed by atoms with Crippen LogP contribution >= 0.6 is 0 Å². The zero-order chi connectivity index (χ0) is 13.5. The molecule has 1 heteroatoms. The van der Waals surface area contributed by atoms with Crippen molar-refractivity contribution in [2.75, 3.05) is 0 Å². The third kappa shape index (κ3) is 3.88. The monoisotopic (exact) mass is 300 g/mol. The van der Waals surface area contributed by atoms with Gasteiger partial charge in [-0.25, -0.2) is 0 Å². The van der Waals surface area contributed by atoms with E-state index in [0.717, 1.165) is 0 Å². The molecule has 0 N–H and O–H groups in total. The van der Waals surface area contributed by atoms with Gasteiger partial charge in [-0.05, 0) is 33.7 Å². The average molecular weight is 302 g/mol. The van der Waals surface area contributed by atoms with Crippen molar-refractivity contribution in [3.05, 3.63) is 60.7 Å². The molecule has 0 fully saturated rings. The first-order chi connectivity index (χ1) is 9.35. The molecule has 3 rings (SSSR count). The van der Waals surface area contributed by atoms with Gasteiger partial charge in [0.1, 0.15) is 0 Å². The maximum atomic E-state index is 2.30. The average Bonchev–Trinajstić information content (AvgIpc) is 2.46. The molecule has 0 bridgehead atoms. The molecule has 0 aliphatic rings. The van der Waals surface area contributed by atoms with E-state index in [2.05, 4.69) is 74.5 Å². The Hall–Kier alpha value is -1.20. The van der Waals surface area contributed by atoms with Gasteiger partial charge in [0.05, 0.1) is 0 Å². The van der Waals surface area contributed by atoms with Crippen molar-refractivity contribution in [1.82, 2.24) is 0 Å². The van der Waals surface area contributed by atoms with Gasteiger partial charge in [-0.3, -0.25) is 0 Å². The predicted octanol–water partition coefficient (Wildman–Crippen LogP) is 5.94. The molecule has 3 aromatic rings. The Labute approximate surface area is 123 Å². The Kier molecular flexibility index (Phi) is 5.54. The summed E-state index contributed by atoms with van der Waals surface area (Å²) in [6, 6.07) is 21.4. The van der Waals surface area contributed by atoms with Gasteiger partial charge in [-0.15, -0.1) is 0 Å². The van der Waals surface area contributed by atoms with E-state index in [1.54, 1.807) is 0 Å². The number of benzene rings is 3. The van der Waals surface area contributed by atoms with Gasteiger partial charge in [-0.2, -0.15) is 0 Å². The summed E-state index contributed by atoms with van der Waals surface area (Å²) < 4.78 is 0. The summed E-state index contributed by atoms with van der Waals surface area (Å²) >= 11 is 0.0972. The van der Waals surface area contributed by atoms with Crippen molar-refractivity contribution in [2.24, 2.45) is 0 Å². The Morgan fingerprint density at radius 3 is 1.16 bits per heavy atom. The van der Waals surface area contributed by atoms with Crippen molar-refractivity contribution in [2.45, 2.75) is 23.9 Å². The molecule has 0 atom stereocenters. The topological polar surface area (TPSA) is 0 Å². The van der Waals surface area contributed by atoms with Crippen LogP contribution in [0.2, 0.25) is 10.0 Å². The van der Waals surface area contributed by atoms with Crippen LogP contribution in [0.25, 0.3) is 21.5 Å². The fourth-order valence-corrected chi connectivity index (χ4v) is 3.72. The summed E-state index contributed by atoms with van der Waals surface area (Å²) in [5.74, 6) is 0. The summed E-state index contributed by atoms with van der Waals surface area (Å²) in [7, 11) is 0. The molecular weight excluding hydrogens is 282 g/mol. The minimum Gasteiger partial charge on any atom is -0.0616 e. The van der Waals surface area contributed by atoms with Gasteiger partial charge in [-0.1, -0.05) is 48.5 Å². The minimum atomic E-state index is 0.0972. The number of fused-ring (bicyclic) bond motifs is 2. The van der Waals surface area contributed by atoms with Gasteiger partial charge < -0.3 is 0 Å². The Morgan fingerprint density at radius 2 is 0.947 bits per heavy atom. The van der Waals surface area contributed by atoms with Crippen LogP contribution in [0.5, 0.6) is 0 Å². The van der Waals surface area contributed by atoms with Crippen molar-refractivity contribution >= 4 is 21.5 Å². The maximum Gasteiger partial charge on any atom is -0.0178 e. The Morgan fingerprint density at radius 1 is 0.632 bits per heavy atom. The first-order valence-corrected chi connectivity index (χ1v) is 11.4. The van der Waals surface area contributed by atoms with E-state index in [0.29, 0.717) is 0 Å². The second-order valence-electron chi connectivity index (χ2n) is 4.90. The molecule has 0 aromatic heterocycles. The minimum absolute atomic E-state index is 0.0972. The Balaban J connectivity index is 0.000000232. The van der Waals surface area contributed by atoms with Gasteiger partial charge in [0.2, 0.25) is 0 Å². The van der Waals surface area contributed by atoms with Gasteiger partial charge in [0.25, 0.3) is 0 Å². The predicted molar refractivity (Wildman–Crippen MR) is 82.4 cm³/mol. The van der Waals surface area contributed by atoms with Gasteiger partial charge in [0, 0.05) is 0 Å². The summed E-state index contributed by atoms with van der Waals surface area (Å²) in [6.07, 6.45) is 0. The third-order valence-corrected chi connectivity index (χ3v) is 6.29. The molecule has 0 aliphatic carbocycles. The van der Waals surface area contributed by atoms with Crippen molar-refractivity contribution in [3.63, 3.8) is 0 Å². The van der Waals surface area contributed by atoms with Crippen LogP contribution in [-0.2, 0) is 17.1 Å². The number of rotatable bonds is 2. The second-order valence-corrected chi connectivity index (χ2v) is 10.6. The van der Waals surface area contributed by atoms with E-state index in [9.17, 15) is 0 Å². The molecule has 0 nitrogen and oxygen atoms in total. The van der Waals surface area contributed by atoms with Crippen LogP contribution < -0.4 is 0 Å². The number of hydrogen-bond donors (Lipinski definition) is 0. The zero-order valence-electron chi connectivity index (χ0n) is 11.9. The van der Waals surface area contributed by atoms with E-state index in [1.807, 2.05) is 0 Å². The fraction of sp³-hybridized carbons (Fsp3) is 0.222. The SMILES string of the molecule is C[CH2][Zn][CH2]C.c1ccc2cc3ccccc3cc2c1. The van der Waals surface area contributed by atoms with Crippen LogP contribution in [0.1, 0.15) is 13.8 Å². The fourth-order valence-electron chi connectivity index (χ4n) is 2.24. The van der Waals surface area contributed by atoms with Crippen molar-refractivity contribution in [3.8, 4) is 0 Å². The van der Waals surface area contributed by atoms with Crippen LogP contribution in [0.4, 0.5) is 0 Å². The molecule has 0 saturated heterocycles. The molecule has 19 heavy (non-hydrogen) atoms. The smallest absolute Gasteiger partial charge is 0.0178 e. The number of hydrogen-bond acceptors (Lipinski definition) is 0.